The fourth-order valence-corrected chi connectivity index (χ4v) is 2.21. The average molecular weight is 211 g/mol. The molecule has 1 aromatic carbocycles. The third-order valence-corrected chi connectivity index (χ3v) is 3.08. The van der Waals surface area contributed by atoms with E-state index in [9.17, 15) is 8.78 Å². The maximum Gasteiger partial charge on any atom is 0.128 e. The summed E-state index contributed by atoms with van der Waals surface area (Å²) in [4.78, 5) is 0. The third-order valence-electron chi connectivity index (χ3n) is 3.08. The van der Waals surface area contributed by atoms with Gasteiger partial charge in [0.25, 0.3) is 0 Å². The van der Waals surface area contributed by atoms with Crippen LogP contribution in [0.25, 0.3) is 0 Å². The van der Waals surface area contributed by atoms with Gasteiger partial charge in [-0.05, 0) is 30.9 Å². The van der Waals surface area contributed by atoms with Crippen molar-refractivity contribution in [1.82, 2.24) is 0 Å². The number of benzene rings is 1. The van der Waals surface area contributed by atoms with E-state index in [4.69, 9.17) is 0 Å². The molecule has 0 bridgehead atoms. The summed E-state index contributed by atoms with van der Waals surface area (Å²) in [6.45, 7) is 2.17. The Kier molecular flexibility index (Phi) is 2.89. The van der Waals surface area contributed by atoms with E-state index in [1.165, 1.54) is 25.0 Å². The lowest BCUT2D eigenvalue weighted by atomic mass is 10.1. The molecular weight excluding hydrogens is 196 g/mol. The zero-order valence-electron chi connectivity index (χ0n) is 8.76. The van der Waals surface area contributed by atoms with Crippen molar-refractivity contribution in [3.63, 3.8) is 0 Å². The van der Waals surface area contributed by atoms with Gasteiger partial charge in [0.2, 0.25) is 0 Å². The lowest BCUT2D eigenvalue weighted by molar-refractivity contribution is 0.552. The molecule has 0 saturated heterocycles. The van der Waals surface area contributed by atoms with Crippen LogP contribution in [0.1, 0.15) is 26.2 Å². The van der Waals surface area contributed by atoms with Crippen molar-refractivity contribution < 1.29 is 8.78 Å². The van der Waals surface area contributed by atoms with Gasteiger partial charge in [-0.25, -0.2) is 8.78 Å². The summed E-state index contributed by atoms with van der Waals surface area (Å²) in [6, 6.07) is 3.93. The Balaban J connectivity index is 2.10. The summed E-state index contributed by atoms with van der Waals surface area (Å²) in [5.74, 6) is -0.470. The topological polar surface area (TPSA) is 12.0 Å². The van der Waals surface area contributed by atoms with Crippen molar-refractivity contribution in [3.8, 4) is 0 Å². The highest BCUT2D eigenvalue weighted by Gasteiger charge is 2.23. The van der Waals surface area contributed by atoms with Crippen LogP contribution < -0.4 is 5.32 Å². The van der Waals surface area contributed by atoms with Gasteiger partial charge in [0, 0.05) is 17.8 Å². The van der Waals surface area contributed by atoms with Crippen LogP contribution in [0.4, 0.5) is 14.5 Å². The molecular formula is C12H15F2N. The van der Waals surface area contributed by atoms with Crippen LogP contribution in [0.2, 0.25) is 0 Å². The molecule has 0 aliphatic heterocycles. The van der Waals surface area contributed by atoms with E-state index in [0.29, 0.717) is 17.6 Å². The van der Waals surface area contributed by atoms with Gasteiger partial charge in [0.15, 0.2) is 0 Å². The van der Waals surface area contributed by atoms with Gasteiger partial charge in [-0.2, -0.15) is 0 Å². The first-order valence-electron chi connectivity index (χ1n) is 5.38. The Labute approximate surface area is 88.5 Å². The summed E-state index contributed by atoms with van der Waals surface area (Å²) >= 11 is 0. The molecule has 1 aromatic rings. The number of halogens is 2. The van der Waals surface area contributed by atoms with E-state index in [0.717, 1.165) is 12.5 Å². The average Bonchev–Trinajstić information content (AvgIpc) is 2.50. The van der Waals surface area contributed by atoms with Crippen molar-refractivity contribution in [2.75, 3.05) is 5.32 Å². The molecule has 2 atom stereocenters. The molecule has 1 nitrogen and oxygen atoms in total. The van der Waals surface area contributed by atoms with E-state index in [1.807, 2.05) is 0 Å². The third kappa shape index (κ3) is 2.46. The highest BCUT2D eigenvalue weighted by Crippen LogP contribution is 2.28. The van der Waals surface area contributed by atoms with Gasteiger partial charge in [0.1, 0.15) is 11.6 Å². The molecule has 3 heteroatoms. The first kappa shape index (κ1) is 10.4. The number of anilines is 1. The minimum Gasteiger partial charge on any atom is -0.382 e. The highest BCUT2D eigenvalue weighted by molar-refractivity contribution is 5.44. The molecule has 82 valence electrons. The Morgan fingerprint density at radius 3 is 2.33 bits per heavy atom. The predicted octanol–water partition coefficient (Wildman–Crippen LogP) is 3.57. The van der Waals surface area contributed by atoms with E-state index in [-0.39, 0.29) is 0 Å². The van der Waals surface area contributed by atoms with Crippen LogP contribution in [0.15, 0.2) is 18.2 Å². The zero-order valence-corrected chi connectivity index (χ0v) is 8.76. The largest absolute Gasteiger partial charge is 0.382 e. The summed E-state index contributed by atoms with van der Waals surface area (Å²) in [7, 11) is 0. The van der Waals surface area contributed by atoms with Crippen LogP contribution in [-0.2, 0) is 0 Å². The molecule has 15 heavy (non-hydrogen) atoms. The molecule has 1 fully saturated rings. The minimum absolute atomic E-state index is 0.353. The van der Waals surface area contributed by atoms with E-state index in [2.05, 4.69) is 12.2 Å². The summed E-state index contributed by atoms with van der Waals surface area (Å²) in [5, 5.41) is 3.19. The second-order valence-corrected chi connectivity index (χ2v) is 4.32. The predicted molar refractivity (Wildman–Crippen MR) is 56.8 cm³/mol. The lowest BCUT2D eigenvalue weighted by Crippen LogP contribution is -2.21. The monoisotopic (exact) mass is 211 g/mol. The first-order chi connectivity index (χ1) is 7.15. The Morgan fingerprint density at radius 2 is 1.80 bits per heavy atom. The van der Waals surface area contributed by atoms with Crippen LogP contribution in [0.3, 0.4) is 0 Å². The molecule has 1 N–H and O–H groups in total. The Hall–Kier alpha value is -1.12. The molecule has 0 spiro atoms. The fraction of sp³-hybridized carbons (Fsp3) is 0.500. The number of rotatable bonds is 2. The maximum absolute atomic E-state index is 12.9. The molecule has 1 aliphatic carbocycles. The molecule has 0 aromatic heterocycles. The standard InChI is InChI=1S/C12H15F2N/c1-8-3-2-4-12(8)15-11-6-9(13)5-10(14)7-11/h5-8,12,15H,2-4H2,1H3/t8-,12-/m0/s1. The normalized spacial score (nSPS) is 25.5. The van der Waals surface area contributed by atoms with E-state index >= 15 is 0 Å². The number of hydrogen-bond donors (Lipinski definition) is 1. The van der Waals surface area contributed by atoms with Gasteiger partial charge < -0.3 is 5.32 Å². The molecule has 0 unspecified atom stereocenters. The number of nitrogens with one attached hydrogen (secondary N) is 1. The molecule has 0 heterocycles. The van der Waals surface area contributed by atoms with Crippen molar-refractivity contribution in [3.05, 3.63) is 29.8 Å². The van der Waals surface area contributed by atoms with Gasteiger partial charge >= 0.3 is 0 Å². The first-order valence-corrected chi connectivity index (χ1v) is 5.38. The lowest BCUT2D eigenvalue weighted by Gasteiger charge is -2.18. The van der Waals surface area contributed by atoms with Crippen molar-refractivity contribution in [1.29, 1.82) is 0 Å². The van der Waals surface area contributed by atoms with Crippen molar-refractivity contribution in [2.24, 2.45) is 5.92 Å². The Morgan fingerprint density at radius 1 is 1.13 bits per heavy atom. The van der Waals surface area contributed by atoms with Gasteiger partial charge in [-0.15, -0.1) is 0 Å². The summed E-state index contributed by atoms with van der Waals surface area (Å²) in [6.07, 6.45) is 3.46. The minimum atomic E-state index is -0.525. The van der Waals surface area contributed by atoms with Gasteiger partial charge in [-0.3, -0.25) is 0 Å². The summed E-state index contributed by atoms with van der Waals surface area (Å²) in [5.41, 5.74) is 0.547. The molecule has 1 aliphatic rings. The summed E-state index contributed by atoms with van der Waals surface area (Å²) < 4.78 is 25.8. The number of hydrogen-bond acceptors (Lipinski definition) is 1. The molecule has 0 amide bonds. The SMILES string of the molecule is C[C@H]1CCC[C@@H]1Nc1cc(F)cc(F)c1. The van der Waals surface area contributed by atoms with E-state index in [1.54, 1.807) is 0 Å². The molecule has 1 saturated carbocycles. The van der Waals surface area contributed by atoms with Gasteiger partial charge in [0.05, 0.1) is 0 Å². The van der Waals surface area contributed by atoms with Gasteiger partial charge in [-0.1, -0.05) is 13.3 Å². The quantitative estimate of drug-likeness (QED) is 0.788. The van der Waals surface area contributed by atoms with Crippen molar-refractivity contribution >= 4 is 5.69 Å². The van der Waals surface area contributed by atoms with Crippen LogP contribution in [0, 0.1) is 17.6 Å². The van der Waals surface area contributed by atoms with Crippen LogP contribution in [0.5, 0.6) is 0 Å². The van der Waals surface area contributed by atoms with Crippen molar-refractivity contribution in [2.45, 2.75) is 32.2 Å². The zero-order chi connectivity index (χ0) is 10.8. The fourth-order valence-electron chi connectivity index (χ4n) is 2.21. The Bertz CT molecular complexity index is 331. The molecule has 0 radical (unpaired) electrons. The second kappa shape index (κ2) is 4.17. The second-order valence-electron chi connectivity index (χ2n) is 4.32. The van der Waals surface area contributed by atoms with Crippen LogP contribution >= 0.6 is 0 Å². The van der Waals surface area contributed by atoms with E-state index < -0.39 is 11.6 Å². The maximum atomic E-state index is 12.9. The smallest absolute Gasteiger partial charge is 0.128 e. The molecule has 2 rings (SSSR count). The van der Waals surface area contributed by atoms with Crippen LogP contribution in [-0.4, -0.2) is 6.04 Å². The highest BCUT2D eigenvalue weighted by atomic mass is 19.1.